The van der Waals surface area contributed by atoms with Crippen LogP contribution in [-0.2, 0) is 0 Å². The third kappa shape index (κ3) is 3.42. The van der Waals surface area contributed by atoms with Crippen LogP contribution in [0.4, 0.5) is 5.88 Å². The summed E-state index contributed by atoms with van der Waals surface area (Å²) in [5.74, 6) is 1.90. The maximum atomic E-state index is 5.50. The summed E-state index contributed by atoms with van der Waals surface area (Å²) in [5, 5.41) is 3.37. The highest BCUT2D eigenvalue weighted by atomic mass is 16.4. The number of aryl methyl sites for hydroxylation is 1. The van der Waals surface area contributed by atoms with Crippen molar-refractivity contribution in [3.63, 3.8) is 0 Å². The average molecular weight is 196 g/mol. The molecule has 0 aromatic carbocycles. The summed E-state index contributed by atoms with van der Waals surface area (Å²) in [7, 11) is 2.04. The first-order valence-electron chi connectivity index (χ1n) is 5.10. The van der Waals surface area contributed by atoms with Crippen molar-refractivity contribution in [3.05, 3.63) is 17.9 Å². The summed E-state index contributed by atoms with van der Waals surface area (Å²) >= 11 is 0. The van der Waals surface area contributed by atoms with Crippen LogP contribution in [-0.4, -0.2) is 26.2 Å². The van der Waals surface area contributed by atoms with Gasteiger partial charge in [-0.2, -0.15) is 0 Å². The lowest BCUT2D eigenvalue weighted by Gasteiger charge is -2.17. The summed E-state index contributed by atoms with van der Waals surface area (Å²) in [5.41, 5.74) is 0. The van der Waals surface area contributed by atoms with Gasteiger partial charge in [0.2, 0.25) is 0 Å². The van der Waals surface area contributed by atoms with E-state index in [1.807, 2.05) is 26.1 Å². The Bertz CT molecular complexity index is 268. The molecule has 1 N–H and O–H groups in total. The minimum atomic E-state index is 0.543. The molecule has 14 heavy (non-hydrogen) atoms. The van der Waals surface area contributed by atoms with Gasteiger partial charge >= 0.3 is 0 Å². The van der Waals surface area contributed by atoms with Crippen LogP contribution < -0.4 is 10.2 Å². The fourth-order valence-electron chi connectivity index (χ4n) is 1.26. The predicted molar refractivity (Wildman–Crippen MR) is 59.9 cm³/mol. The van der Waals surface area contributed by atoms with Gasteiger partial charge in [0.05, 0.1) is 0 Å². The van der Waals surface area contributed by atoms with E-state index in [1.54, 1.807) is 0 Å². The molecule has 0 spiro atoms. The van der Waals surface area contributed by atoms with Crippen LogP contribution in [0.1, 0.15) is 19.6 Å². The monoisotopic (exact) mass is 196 g/mol. The van der Waals surface area contributed by atoms with Gasteiger partial charge < -0.3 is 14.6 Å². The van der Waals surface area contributed by atoms with Crippen molar-refractivity contribution in [2.75, 3.05) is 25.0 Å². The van der Waals surface area contributed by atoms with Crippen molar-refractivity contribution in [1.82, 2.24) is 5.32 Å². The molecule has 0 aliphatic heterocycles. The lowest BCUT2D eigenvalue weighted by molar-refractivity contribution is 0.516. The van der Waals surface area contributed by atoms with Crippen LogP contribution >= 0.6 is 0 Å². The van der Waals surface area contributed by atoms with Crippen molar-refractivity contribution >= 4 is 5.88 Å². The molecule has 0 fully saturated rings. The Hall–Kier alpha value is -0.960. The zero-order chi connectivity index (χ0) is 10.6. The zero-order valence-electron chi connectivity index (χ0n) is 9.50. The first-order valence-corrected chi connectivity index (χ1v) is 5.10. The van der Waals surface area contributed by atoms with Crippen molar-refractivity contribution in [2.24, 2.45) is 0 Å². The lowest BCUT2D eigenvalue weighted by atomic mass is 10.4. The van der Waals surface area contributed by atoms with Gasteiger partial charge in [0, 0.05) is 32.2 Å². The topological polar surface area (TPSA) is 28.4 Å². The van der Waals surface area contributed by atoms with Gasteiger partial charge in [0.25, 0.3) is 0 Å². The van der Waals surface area contributed by atoms with Gasteiger partial charge in [-0.3, -0.25) is 0 Å². The molecular formula is C11H20N2O. The number of hydrogen-bond donors (Lipinski definition) is 1. The Balaban J connectivity index is 2.32. The van der Waals surface area contributed by atoms with Gasteiger partial charge in [-0.15, -0.1) is 0 Å². The molecule has 0 saturated heterocycles. The van der Waals surface area contributed by atoms with E-state index in [0.29, 0.717) is 6.04 Å². The van der Waals surface area contributed by atoms with Crippen molar-refractivity contribution in [2.45, 2.75) is 26.8 Å². The fourth-order valence-corrected chi connectivity index (χ4v) is 1.26. The summed E-state index contributed by atoms with van der Waals surface area (Å²) in [4.78, 5) is 2.11. The number of nitrogens with zero attached hydrogens (tertiary/aromatic N) is 1. The highest BCUT2D eigenvalue weighted by Gasteiger charge is 2.04. The quantitative estimate of drug-likeness (QED) is 0.781. The molecule has 1 aromatic heterocycles. The largest absolute Gasteiger partial charge is 0.446 e. The summed E-state index contributed by atoms with van der Waals surface area (Å²) < 4.78 is 5.50. The molecule has 0 bridgehead atoms. The number of anilines is 1. The fraction of sp³-hybridized carbons (Fsp3) is 0.636. The molecule has 0 atom stereocenters. The van der Waals surface area contributed by atoms with Gasteiger partial charge in [-0.25, -0.2) is 0 Å². The first-order chi connectivity index (χ1) is 6.59. The molecule has 0 radical (unpaired) electrons. The van der Waals surface area contributed by atoms with Crippen LogP contribution in [0.25, 0.3) is 0 Å². The number of hydrogen-bond acceptors (Lipinski definition) is 3. The van der Waals surface area contributed by atoms with E-state index in [2.05, 4.69) is 24.1 Å². The van der Waals surface area contributed by atoms with E-state index >= 15 is 0 Å². The molecular weight excluding hydrogens is 176 g/mol. The Labute approximate surface area is 86.1 Å². The highest BCUT2D eigenvalue weighted by Crippen LogP contribution is 2.15. The van der Waals surface area contributed by atoms with E-state index < -0.39 is 0 Å². The minimum Gasteiger partial charge on any atom is -0.446 e. The van der Waals surface area contributed by atoms with E-state index in [-0.39, 0.29) is 0 Å². The van der Waals surface area contributed by atoms with E-state index in [4.69, 9.17) is 4.42 Å². The lowest BCUT2D eigenvalue weighted by Crippen LogP contribution is -2.32. The molecule has 3 heteroatoms. The van der Waals surface area contributed by atoms with Gasteiger partial charge in [0.15, 0.2) is 5.88 Å². The van der Waals surface area contributed by atoms with E-state index in [1.165, 1.54) is 0 Å². The molecule has 80 valence electrons. The SMILES string of the molecule is Cc1ccc(N(C)CCNC(C)C)o1. The second-order valence-corrected chi connectivity index (χ2v) is 3.91. The van der Waals surface area contributed by atoms with Crippen molar-refractivity contribution < 1.29 is 4.42 Å². The number of likely N-dealkylation sites (N-methyl/N-ethyl adjacent to an activating group) is 1. The summed E-state index contributed by atoms with van der Waals surface area (Å²) in [6, 6.07) is 4.54. The average Bonchev–Trinajstić information content (AvgIpc) is 2.51. The van der Waals surface area contributed by atoms with Crippen LogP contribution in [0.5, 0.6) is 0 Å². The van der Waals surface area contributed by atoms with Gasteiger partial charge in [-0.1, -0.05) is 13.8 Å². The molecule has 0 aliphatic carbocycles. The van der Waals surface area contributed by atoms with Gasteiger partial charge in [0.1, 0.15) is 5.76 Å². The van der Waals surface area contributed by atoms with Crippen molar-refractivity contribution in [1.29, 1.82) is 0 Å². The normalized spacial score (nSPS) is 10.9. The predicted octanol–water partition coefficient (Wildman–Crippen LogP) is 2.02. The maximum absolute atomic E-state index is 5.50. The molecule has 0 aliphatic rings. The van der Waals surface area contributed by atoms with Gasteiger partial charge in [-0.05, 0) is 13.0 Å². The molecule has 3 nitrogen and oxygen atoms in total. The van der Waals surface area contributed by atoms with Crippen molar-refractivity contribution in [3.8, 4) is 0 Å². The Morgan fingerprint density at radius 3 is 2.64 bits per heavy atom. The summed E-state index contributed by atoms with van der Waals surface area (Å²) in [6.07, 6.45) is 0. The molecule has 0 saturated carbocycles. The number of nitrogens with one attached hydrogen (secondary N) is 1. The number of rotatable bonds is 5. The minimum absolute atomic E-state index is 0.543. The number of furan rings is 1. The van der Waals surface area contributed by atoms with Crippen LogP contribution in [0.2, 0.25) is 0 Å². The summed E-state index contributed by atoms with van der Waals surface area (Å²) in [6.45, 7) is 8.21. The molecule has 0 amide bonds. The smallest absolute Gasteiger partial charge is 0.195 e. The standard InChI is InChI=1S/C11H20N2O/c1-9(2)12-7-8-13(4)11-6-5-10(3)14-11/h5-6,9,12H,7-8H2,1-4H3. The third-order valence-corrected chi connectivity index (χ3v) is 2.10. The molecule has 1 rings (SSSR count). The Kier molecular flexibility index (Phi) is 4.01. The zero-order valence-corrected chi connectivity index (χ0v) is 9.50. The Morgan fingerprint density at radius 2 is 2.14 bits per heavy atom. The Morgan fingerprint density at radius 1 is 1.43 bits per heavy atom. The highest BCUT2D eigenvalue weighted by molar-refractivity contribution is 5.34. The third-order valence-electron chi connectivity index (χ3n) is 2.10. The van der Waals surface area contributed by atoms with E-state index in [9.17, 15) is 0 Å². The van der Waals surface area contributed by atoms with Crippen LogP contribution in [0.15, 0.2) is 16.5 Å². The second kappa shape index (κ2) is 5.05. The molecule has 0 unspecified atom stereocenters. The van der Waals surface area contributed by atoms with E-state index in [0.717, 1.165) is 24.7 Å². The molecule has 1 heterocycles. The molecule has 1 aromatic rings. The first kappa shape index (κ1) is 11.1. The maximum Gasteiger partial charge on any atom is 0.195 e. The van der Waals surface area contributed by atoms with Crippen LogP contribution in [0.3, 0.4) is 0 Å². The van der Waals surface area contributed by atoms with Crippen LogP contribution in [0, 0.1) is 6.92 Å². The second-order valence-electron chi connectivity index (χ2n) is 3.91.